The average Bonchev–Trinajstić information content (AvgIpc) is 1.86. The smallest absolute Gasteiger partial charge is 0.0178 e. The minimum Gasteiger partial charge on any atom is -0.0874 e. The molecule has 0 unspecified atom stereocenters. The number of allylic oxidation sites excluding steroid dienone is 2. The standard InChI is InChI=1S/C5H7I/c6-5-3-1-2-4-5/h1-2,5H,3-4H2. The molecule has 0 aromatic carbocycles. The van der Waals surface area contributed by atoms with Crippen LogP contribution in [0, 0.1) is 0 Å². The minimum absolute atomic E-state index is 0.905. The summed E-state index contributed by atoms with van der Waals surface area (Å²) >= 11 is 2.47. The lowest BCUT2D eigenvalue weighted by Crippen LogP contribution is -1.82. The van der Waals surface area contributed by atoms with Crippen LogP contribution in [0.1, 0.15) is 12.8 Å². The largest absolute Gasteiger partial charge is 0.0874 e. The van der Waals surface area contributed by atoms with Gasteiger partial charge in [-0.05, 0) is 12.8 Å². The van der Waals surface area contributed by atoms with Gasteiger partial charge in [-0.15, -0.1) is 0 Å². The van der Waals surface area contributed by atoms with Crippen LogP contribution in [0.25, 0.3) is 0 Å². The van der Waals surface area contributed by atoms with E-state index in [1.807, 2.05) is 0 Å². The molecule has 0 aromatic heterocycles. The van der Waals surface area contributed by atoms with Crippen LogP contribution >= 0.6 is 22.6 Å². The third-order valence-electron chi connectivity index (χ3n) is 0.950. The van der Waals surface area contributed by atoms with Crippen LogP contribution in [0.4, 0.5) is 0 Å². The number of halogens is 1. The number of hydrogen-bond acceptors (Lipinski definition) is 0. The molecule has 1 aliphatic rings. The van der Waals surface area contributed by atoms with Crippen LogP contribution in [-0.4, -0.2) is 3.92 Å². The summed E-state index contributed by atoms with van der Waals surface area (Å²) in [6, 6.07) is 0. The highest BCUT2D eigenvalue weighted by Crippen LogP contribution is 2.17. The molecule has 0 aromatic rings. The highest BCUT2D eigenvalue weighted by atomic mass is 127. The van der Waals surface area contributed by atoms with Crippen molar-refractivity contribution in [3.05, 3.63) is 12.2 Å². The molecule has 1 aliphatic carbocycles. The first kappa shape index (κ1) is 4.62. The first-order chi connectivity index (χ1) is 2.89. The van der Waals surface area contributed by atoms with Crippen molar-refractivity contribution in [1.29, 1.82) is 0 Å². The van der Waals surface area contributed by atoms with Crippen molar-refractivity contribution >= 4 is 22.6 Å². The van der Waals surface area contributed by atoms with Gasteiger partial charge in [-0.25, -0.2) is 0 Å². The first-order valence-corrected chi connectivity index (χ1v) is 3.43. The second-order valence-corrected chi connectivity index (χ2v) is 3.30. The molecule has 6 heavy (non-hydrogen) atoms. The summed E-state index contributed by atoms with van der Waals surface area (Å²) in [6.45, 7) is 0. The normalized spacial score (nSPS) is 22.8. The molecule has 0 nitrogen and oxygen atoms in total. The van der Waals surface area contributed by atoms with E-state index in [-0.39, 0.29) is 0 Å². The van der Waals surface area contributed by atoms with Crippen LogP contribution in [0.2, 0.25) is 0 Å². The molecule has 0 fully saturated rings. The zero-order valence-corrected chi connectivity index (χ0v) is 5.68. The van der Waals surface area contributed by atoms with E-state index in [0.29, 0.717) is 0 Å². The van der Waals surface area contributed by atoms with Crippen LogP contribution in [0.3, 0.4) is 0 Å². The summed E-state index contributed by atoms with van der Waals surface area (Å²) in [5, 5.41) is 0. The maximum Gasteiger partial charge on any atom is 0.0178 e. The molecule has 0 radical (unpaired) electrons. The van der Waals surface area contributed by atoms with Gasteiger partial charge in [-0.3, -0.25) is 0 Å². The van der Waals surface area contributed by atoms with E-state index in [1.165, 1.54) is 12.8 Å². The number of alkyl halides is 1. The molecule has 1 heteroatoms. The number of hydrogen-bond donors (Lipinski definition) is 0. The van der Waals surface area contributed by atoms with Gasteiger partial charge in [0.1, 0.15) is 0 Å². The Balaban J connectivity index is 2.32. The van der Waals surface area contributed by atoms with Gasteiger partial charge in [0.05, 0.1) is 0 Å². The minimum atomic E-state index is 0.905. The lowest BCUT2D eigenvalue weighted by atomic mass is 10.4. The van der Waals surface area contributed by atoms with Gasteiger partial charge in [-0.2, -0.15) is 0 Å². The van der Waals surface area contributed by atoms with Crippen molar-refractivity contribution in [3.8, 4) is 0 Å². The highest BCUT2D eigenvalue weighted by Gasteiger charge is 2.02. The maximum atomic E-state index is 2.47. The van der Waals surface area contributed by atoms with Crippen LogP contribution in [0.5, 0.6) is 0 Å². The van der Waals surface area contributed by atoms with Gasteiger partial charge < -0.3 is 0 Å². The summed E-state index contributed by atoms with van der Waals surface area (Å²) in [5.41, 5.74) is 0. The lowest BCUT2D eigenvalue weighted by Gasteiger charge is -1.89. The SMILES string of the molecule is IC1CC=CC1. The zero-order valence-electron chi connectivity index (χ0n) is 3.52. The Kier molecular flexibility index (Phi) is 1.51. The molecule has 0 bridgehead atoms. The summed E-state index contributed by atoms with van der Waals surface area (Å²) in [4.78, 5) is 0. The highest BCUT2D eigenvalue weighted by molar-refractivity contribution is 14.1. The van der Waals surface area contributed by atoms with Gasteiger partial charge in [0.2, 0.25) is 0 Å². The molecule has 34 valence electrons. The summed E-state index contributed by atoms with van der Waals surface area (Å²) in [7, 11) is 0. The van der Waals surface area contributed by atoms with E-state index in [1.54, 1.807) is 0 Å². The van der Waals surface area contributed by atoms with Crippen LogP contribution in [-0.2, 0) is 0 Å². The van der Waals surface area contributed by atoms with Crippen molar-refractivity contribution in [3.63, 3.8) is 0 Å². The second kappa shape index (κ2) is 1.96. The quantitative estimate of drug-likeness (QED) is 0.315. The fourth-order valence-electron chi connectivity index (χ4n) is 0.584. The van der Waals surface area contributed by atoms with Gasteiger partial charge >= 0.3 is 0 Å². The van der Waals surface area contributed by atoms with E-state index >= 15 is 0 Å². The molecular formula is C5H7I. The van der Waals surface area contributed by atoms with Crippen molar-refractivity contribution in [2.45, 2.75) is 16.8 Å². The Bertz CT molecular complexity index is 58.3. The molecule has 0 atom stereocenters. The number of rotatable bonds is 0. The molecular weight excluding hydrogens is 187 g/mol. The molecule has 0 saturated heterocycles. The zero-order chi connectivity index (χ0) is 4.41. The van der Waals surface area contributed by atoms with Gasteiger partial charge in [-0.1, -0.05) is 34.7 Å². The van der Waals surface area contributed by atoms with Crippen molar-refractivity contribution in [2.75, 3.05) is 0 Å². The topological polar surface area (TPSA) is 0 Å². The predicted molar refractivity (Wildman–Crippen MR) is 36.2 cm³/mol. The Hall–Kier alpha value is 0.470. The summed E-state index contributed by atoms with van der Waals surface area (Å²) in [5.74, 6) is 0. The van der Waals surface area contributed by atoms with E-state index in [2.05, 4.69) is 34.7 Å². The Morgan fingerprint density at radius 2 is 1.83 bits per heavy atom. The van der Waals surface area contributed by atoms with Crippen molar-refractivity contribution in [2.24, 2.45) is 0 Å². The molecule has 0 saturated carbocycles. The van der Waals surface area contributed by atoms with Crippen molar-refractivity contribution < 1.29 is 0 Å². The second-order valence-electron chi connectivity index (χ2n) is 1.54. The summed E-state index contributed by atoms with van der Waals surface area (Å²) < 4.78 is 0.905. The van der Waals surface area contributed by atoms with Gasteiger partial charge in [0, 0.05) is 3.92 Å². The van der Waals surface area contributed by atoms with E-state index in [9.17, 15) is 0 Å². The van der Waals surface area contributed by atoms with Gasteiger partial charge in [0.15, 0.2) is 0 Å². The van der Waals surface area contributed by atoms with Crippen LogP contribution in [0.15, 0.2) is 12.2 Å². The Morgan fingerprint density at radius 3 is 2.00 bits per heavy atom. The first-order valence-electron chi connectivity index (χ1n) is 2.18. The molecule has 0 N–H and O–H groups in total. The Labute approximate surface area is 51.8 Å². The van der Waals surface area contributed by atoms with Crippen molar-refractivity contribution in [1.82, 2.24) is 0 Å². The monoisotopic (exact) mass is 194 g/mol. The summed E-state index contributed by atoms with van der Waals surface area (Å²) in [6.07, 6.45) is 7.08. The Morgan fingerprint density at radius 1 is 1.33 bits per heavy atom. The molecule has 1 rings (SSSR count). The van der Waals surface area contributed by atoms with E-state index < -0.39 is 0 Å². The third kappa shape index (κ3) is 0.965. The fourth-order valence-corrected chi connectivity index (χ4v) is 1.17. The average molecular weight is 194 g/mol. The lowest BCUT2D eigenvalue weighted by molar-refractivity contribution is 0.992. The predicted octanol–water partition coefficient (Wildman–Crippen LogP) is 2.14. The molecule has 0 spiro atoms. The van der Waals surface area contributed by atoms with Crippen LogP contribution < -0.4 is 0 Å². The fraction of sp³-hybridized carbons (Fsp3) is 0.600. The van der Waals surface area contributed by atoms with Gasteiger partial charge in [0.25, 0.3) is 0 Å². The van der Waals surface area contributed by atoms with E-state index in [0.717, 1.165) is 3.92 Å². The van der Waals surface area contributed by atoms with E-state index in [4.69, 9.17) is 0 Å². The third-order valence-corrected chi connectivity index (χ3v) is 1.97. The maximum absolute atomic E-state index is 2.47. The molecule has 0 amide bonds. The molecule has 0 aliphatic heterocycles. The molecule has 0 heterocycles.